The molecule has 1 aliphatic carbocycles. The highest BCUT2D eigenvalue weighted by atomic mass is 32.2. The molecule has 5 nitrogen and oxygen atoms in total. The number of benzene rings is 2. The van der Waals surface area contributed by atoms with Crippen LogP contribution in [0.15, 0.2) is 63.9 Å². The van der Waals surface area contributed by atoms with Crippen LogP contribution in [0.4, 0.5) is 0 Å². The molecular weight excluding hydrogens is 438 g/mol. The summed E-state index contributed by atoms with van der Waals surface area (Å²) < 4.78 is 0. The number of nitrogens with zero attached hydrogens (tertiary/aromatic N) is 1. The van der Waals surface area contributed by atoms with Gasteiger partial charge >= 0.3 is 0 Å². The van der Waals surface area contributed by atoms with Gasteiger partial charge in [-0.1, -0.05) is 60.3 Å². The average molecular weight is 462 g/mol. The Morgan fingerprint density at radius 1 is 1.09 bits per heavy atom. The number of amides is 1. The number of fused-ring (bicyclic) bond motifs is 2. The van der Waals surface area contributed by atoms with Crippen molar-refractivity contribution < 1.29 is 4.79 Å². The van der Waals surface area contributed by atoms with Crippen molar-refractivity contribution in [3.05, 3.63) is 81.0 Å². The number of rotatable bonds is 6. The zero-order chi connectivity index (χ0) is 21.9. The number of aromatic nitrogens is 2. The SMILES string of the molecule is O=C(CSc1nc2scc(-c3ccc4c(c3)CCCC4)c2c(=O)[nH]1)NCc1ccccc1. The van der Waals surface area contributed by atoms with Gasteiger partial charge in [0.15, 0.2) is 5.16 Å². The van der Waals surface area contributed by atoms with Gasteiger partial charge in [0.25, 0.3) is 5.56 Å². The molecule has 1 aliphatic rings. The van der Waals surface area contributed by atoms with E-state index in [-0.39, 0.29) is 17.2 Å². The van der Waals surface area contributed by atoms with Crippen LogP contribution in [0.5, 0.6) is 0 Å². The first-order valence-electron chi connectivity index (χ1n) is 10.7. The van der Waals surface area contributed by atoms with Crippen molar-refractivity contribution in [1.29, 1.82) is 0 Å². The molecule has 32 heavy (non-hydrogen) atoms. The molecule has 2 N–H and O–H groups in total. The summed E-state index contributed by atoms with van der Waals surface area (Å²) in [6, 6.07) is 16.3. The zero-order valence-corrected chi connectivity index (χ0v) is 19.2. The lowest BCUT2D eigenvalue weighted by Gasteiger charge is -2.16. The maximum atomic E-state index is 12.9. The maximum absolute atomic E-state index is 12.9. The van der Waals surface area contributed by atoms with Crippen molar-refractivity contribution in [2.24, 2.45) is 0 Å². The predicted octanol–water partition coefficient (Wildman–Crippen LogP) is 4.94. The summed E-state index contributed by atoms with van der Waals surface area (Å²) in [5.74, 6) is 0.104. The topological polar surface area (TPSA) is 74.8 Å². The molecule has 1 amide bonds. The summed E-state index contributed by atoms with van der Waals surface area (Å²) in [5, 5.41) is 6.00. The molecule has 0 unspecified atom stereocenters. The van der Waals surface area contributed by atoms with E-state index in [0.717, 1.165) is 29.5 Å². The number of thiophene rings is 1. The van der Waals surface area contributed by atoms with Crippen molar-refractivity contribution in [3.8, 4) is 11.1 Å². The van der Waals surface area contributed by atoms with Gasteiger partial charge in [0.2, 0.25) is 5.91 Å². The molecule has 0 radical (unpaired) electrons. The number of hydrogen-bond acceptors (Lipinski definition) is 5. The lowest BCUT2D eigenvalue weighted by molar-refractivity contribution is -0.118. The smallest absolute Gasteiger partial charge is 0.260 e. The predicted molar refractivity (Wildman–Crippen MR) is 131 cm³/mol. The van der Waals surface area contributed by atoms with Crippen LogP contribution in [-0.4, -0.2) is 21.6 Å². The van der Waals surface area contributed by atoms with E-state index in [1.807, 2.05) is 35.7 Å². The van der Waals surface area contributed by atoms with Crippen LogP contribution in [0.1, 0.15) is 29.5 Å². The number of carbonyl (C=O) groups is 1. The largest absolute Gasteiger partial charge is 0.351 e. The van der Waals surface area contributed by atoms with E-state index in [9.17, 15) is 9.59 Å². The Morgan fingerprint density at radius 2 is 1.91 bits per heavy atom. The third-order valence-electron chi connectivity index (χ3n) is 5.75. The Hall–Kier alpha value is -2.90. The molecule has 0 saturated carbocycles. The molecule has 0 saturated heterocycles. The lowest BCUT2D eigenvalue weighted by atomic mass is 9.89. The molecule has 4 aromatic rings. The highest BCUT2D eigenvalue weighted by Gasteiger charge is 2.16. The van der Waals surface area contributed by atoms with Gasteiger partial charge in [0, 0.05) is 17.5 Å². The van der Waals surface area contributed by atoms with Gasteiger partial charge in [0.05, 0.1) is 11.1 Å². The molecule has 0 spiro atoms. The first-order chi connectivity index (χ1) is 15.7. The fourth-order valence-corrected chi connectivity index (χ4v) is 5.79. The normalized spacial score (nSPS) is 13.1. The monoisotopic (exact) mass is 461 g/mol. The first-order valence-corrected chi connectivity index (χ1v) is 12.6. The molecule has 0 fully saturated rings. The number of H-pyrrole nitrogens is 1. The van der Waals surface area contributed by atoms with Crippen LogP contribution >= 0.6 is 23.1 Å². The summed E-state index contributed by atoms with van der Waals surface area (Å²) in [4.78, 5) is 33.3. The maximum Gasteiger partial charge on any atom is 0.260 e. The Bertz CT molecular complexity index is 1330. The van der Waals surface area contributed by atoms with Gasteiger partial charge in [-0.25, -0.2) is 4.98 Å². The lowest BCUT2D eigenvalue weighted by Crippen LogP contribution is -2.24. The number of thioether (sulfide) groups is 1. The average Bonchev–Trinajstić information content (AvgIpc) is 3.26. The quantitative estimate of drug-likeness (QED) is 0.315. The van der Waals surface area contributed by atoms with E-state index in [0.29, 0.717) is 21.9 Å². The van der Waals surface area contributed by atoms with Crippen LogP contribution in [0, 0.1) is 0 Å². The van der Waals surface area contributed by atoms with Crippen molar-refractivity contribution >= 4 is 39.2 Å². The van der Waals surface area contributed by atoms with E-state index in [2.05, 4.69) is 33.5 Å². The van der Waals surface area contributed by atoms with Crippen LogP contribution in [0.3, 0.4) is 0 Å². The Kier molecular flexibility index (Phi) is 6.10. The van der Waals surface area contributed by atoms with Crippen LogP contribution < -0.4 is 10.9 Å². The van der Waals surface area contributed by atoms with E-state index in [1.165, 1.54) is 47.1 Å². The molecule has 162 valence electrons. The van der Waals surface area contributed by atoms with E-state index < -0.39 is 0 Å². The van der Waals surface area contributed by atoms with Crippen molar-refractivity contribution in [2.75, 3.05) is 5.75 Å². The second kappa shape index (κ2) is 9.30. The number of carbonyl (C=O) groups excluding carboxylic acids is 1. The Labute approximate surface area is 194 Å². The minimum atomic E-state index is -0.156. The Morgan fingerprint density at radius 3 is 2.75 bits per heavy atom. The van der Waals surface area contributed by atoms with Gasteiger partial charge in [-0.05, 0) is 47.9 Å². The number of nitrogens with one attached hydrogen (secondary N) is 2. The van der Waals surface area contributed by atoms with Gasteiger partial charge < -0.3 is 10.3 Å². The summed E-state index contributed by atoms with van der Waals surface area (Å²) in [6.07, 6.45) is 4.72. The van der Waals surface area contributed by atoms with E-state index in [1.54, 1.807) is 0 Å². The van der Waals surface area contributed by atoms with Crippen molar-refractivity contribution in [2.45, 2.75) is 37.4 Å². The number of hydrogen-bond donors (Lipinski definition) is 2. The molecule has 7 heteroatoms. The summed E-state index contributed by atoms with van der Waals surface area (Å²) in [5.41, 5.74) is 5.72. The van der Waals surface area contributed by atoms with E-state index >= 15 is 0 Å². The molecule has 0 aliphatic heterocycles. The fourth-order valence-electron chi connectivity index (χ4n) is 4.09. The summed E-state index contributed by atoms with van der Waals surface area (Å²) >= 11 is 2.72. The summed E-state index contributed by atoms with van der Waals surface area (Å²) in [6.45, 7) is 0.484. The standard InChI is InChI=1S/C25H23N3O2S2/c29-21(26-13-16-6-2-1-3-7-16)15-32-25-27-23(30)22-20(14-31-24(22)28-25)19-11-10-17-8-4-5-9-18(17)12-19/h1-3,6-7,10-12,14H,4-5,8-9,13,15H2,(H,26,29)(H,27,28,30). The minimum absolute atomic E-state index is 0.0949. The molecule has 2 aromatic heterocycles. The van der Waals surface area contributed by atoms with Gasteiger partial charge in [-0.2, -0.15) is 0 Å². The van der Waals surface area contributed by atoms with Crippen LogP contribution in [-0.2, 0) is 24.2 Å². The highest BCUT2D eigenvalue weighted by Crippen LogP contribution is 2.34. The van der Waals surface area contributed by atoms with Crippen LogP contribution in [0.25, 0.3) is 21.3 Å². The molecule has 5 rings (SSSR count). The van der Waals surface area contributed by atoms with Crippen molar-refractivity contribution in [3.63, 3.8) is 0 Å². The second-order valence-corrected chi connectivity index (χ2v) is 9.76. The van der Waals surface area contributed by atoms with Crippen LogP contribution in [0.2, 0.25) is 0 Å². The Balaban J connectivity index is 1.31. The van der Waals surface area contributed by atoms with E-state index in [4.69, 9.17) is 0 Å². The van der Waals surface area contributed by atoms with Gasteiger partial charge in [-0.15, -0.1) is 11.3 Å². The van der Waals surface area contributed by atoms with Gasteiger partial charge in [0.1, 0.15) is 4.83 Å². The molecule has 0 atom stereocenters. The van der Waals surface area contributed by atoms with Crippen molar-refractivity contribution in [1.82, 2.24) is 15.3 Å². The second-order valence-electron chi connectivity index (χ2n) is 7.94. The summed E-state index contributed by atoms with van der Waals surface area (Å²) in [7, 11) is 0. The number of aromatic amines is 1. The zero-order valence-electron chi connectivity index (χ0n) is 17.5. The minimum Gasteiger partial charge on any atom is -0.351 e. The molecular formula is C25H23N3O2S2. The molecule has 2 heterocycles. The third kappa shape index (κ3) is 4.49. The first kappa shape index (κ1) is 21.0. The number of aryl methyl sites for hydroxylation is 2. The highest BCUT2D eigenvalue weighted by molar-refractivity contribution is 7.99. The molecule has 0 bridgehead atoms. The fraction of sp³-hybridized carbons (Fsp3) is 0.240. The molecule has 2 aromatic carbocycles. The van der Waals surface area contributed by atoms with Gasteiger partial charge in [-0.3, -0.25) is 9.59 Å². The third-order valence-corrected chi connectivity index (χ3v) is 7.50.